The molecular weight excluding hydrogens is 159 g/mol. The summed E-state index contributed by atoms with van der Waals surface area (Å²) in [5.74, 6) is 0. The highest BCUT2D eigenvalue weighted by Crippen LogP contribution is 2.22. The fraction of sp³-hybridized carbons (Fsp3) is 0.125. The molecule has 12 heavy (non-hydrogen) atoms. The van der Waals surface area contributed by atoms with Gasteiger partial charge in [-0.1, -0.05) is 22.7 Å². The molecule has 62 valence electrons. The minimum atomic E-state index is -0.700. The number of para-hydroxylation sites is 1. The molecule has 1 heterocycles. The van der Waals surface area contributed by atoms with Crippen molar-refractivity contribution < 1.29 is 9.28 Å². The Morgan fingerprint density at radius 2 is 2.17 bits per heavy atom. The Morgan fingerprint density at radius 1 is 1.42 bits per heavy atom. The first-order chi connectivity index (χ1) is 5.77. The third-order valence-corrected chi connectivity index (χ3v) is 1.79. The summed E-state index contributed by atoms with van der Waals surface area (Å²) in [6, 6.07) is 6.44. The van der Waals surface area contributed by atoms with Gasteiger partial charge in [0, 0.05) is 5.69 Å². The molecule has 0 saturated carbocycles. The van der Waals surface area contributed by atoms with Crippen molar-refractivity contribution in [3.63, 3.8) is 0 Å². The van der Waals surface area contributed by atoms with E-state index in [0.717, 1.165) is 5.56 Å². The zero-order valence-electron chi connectivity index (χ0n) is 6.25. The van der Waals surface area contributed by atoms with E-state index < -0.39 is 6.03 Å². The highest BCUT2D eigenvalue weighted by atomic mass is 19.2. The monoisotopic (exact) mass is 166 g/mol. The summed E-state index contributed by atoms with van der Waals surface area (Å²) in [4.78, 5) is 10.8. The normalized spacial score (nSPS) is 15.4. The van der Waals surface area contributed by atoms with Crippen molar-refractivity contribution in [2.24, 2.45) is 0 Å². The van der Waals surface area contributed by atoms with Crippen LogP contribution in [0.15, 0.2) is 24.3 Å². The van der Waals surface area contributed by atoms with Gasteiger partial charge in [-0.2, -0.15) is 5.12 Å². The van der Waals surface area contributed by atoms with Gasteiger partial charge in [-0.05, 0) is 11.6 Å². The first kappa shape index (κ1) is 7.09. The number of carbonyl (C=O) groups excluding carboxylic acids is 1. The first-order valence-electron chi connectivity index (χ1n) is 3.59. The molecule has 0 spiro atoms. The molecule has 0 fully saturated rings. The Morgan fingerprint density at radius 3 is 3.00 bits per heavy atom. The summed E-state index contributed by atoms with van der Waals surface area (Å²) >= 11 is 0. The number of rotatable bonds is 0. The molecule has 1 aromatic rings. The molecule has 0 aromatic heterocycles. The Balaban J connectivity index is 2.40. The fourth-order valence-electron chi connectivity index (χ4n) is 1.18. The van der Waals surface area contributed by atoms with Crippen molar-refractivity contribution in [2.45, 2.75) is 6.54 Å². The maximum absolute atomic E-state index is 12.7. The smallest absolute Gasteiger partial charge is 0.305 e. The van der Waals surface area contributed by atoms with Crippen molar-refractivity contribution in [3.05, 3.63) is 29.8 Å². The van der Waals surface area contributed by atoms with Crippen molar-refractivity contribution >= 4 is 11.7 Å². The molecule has 0 radical (unpaired) electrons. The topological polar surface area (TPSA) is 32.3 Å². The van der Waals surface area contributed by atoms with E-state index >= 15 is 0 Å². The van der Waals surface area contributed by atoms with Gasteiger partial charge in [0.1, 0.15) is 0 Å². The number of hydrogen-bond donors (Lipinski definition) is 1. The Hall–Kier alpha value is -1.58. The van der Waals surface area contributed by atoms with E-state index in [9.17, 15) is 9.28 Å². The molecule has 2 rings (SSSR count). The lowest BCUT2D eigenvalue weighted by molar-refractivity contribution is 0.0648. The average molecular weight is 166 g/mol. The number of hydrogen-bond acceptors (Lipinski definition) is 1. The van der Waals surface area contributed by atoms with E-state index in [4.69, 9.17) is 0 Å². The third-order valence-electron chi connectivity index (χ3n) is 1.79. The van der Waals surface area contributed by atoms with E-state index in [1.54, 1.807) is 18.2 Å². The largest absolute Gasteiger partial charge is 0.350 e. The number of urea groups is 1. The minimum Gasteiger partial charge on any atom is -0.305 e. The van der Waals surface area contributed by atoms with Gasteiger partial charge in [0.2, 0.25) is 0 Å². The van der Waals surface area contributed by atoms with Crippen LogP contribution >= 0.6 is 0 Å². The minimum absolute atomic E-state index is 0.0298. The summed E-state index contributed by atoms with van der Waals surface area (Å²) in [7, 11) is 0. The SMILES string of the molecule is O=C1Nc2ccccc2CN1F. The number of carbonyl (C=O) groups is 1. The predicted octanol–water partition coefficient (Wildman–Crippen LogP) is 1.92. The van der Waals surface area contributed by atoms with Crippen molar-refractivity contribution in [2.75, 3.05) is 5.32 Å². The third kappa shape index (κ3) is 1.01. The number of halogens is 1. The molecule has 4 heteroatoms. The molecule has 1 aliphatic rings. The molecule has 1 aliphatic heterocycles. The summed E-state index contributed by atoms with van der Waals surface area (Å²) < 4.78 is 12.7. The highest BCUT2D eigenvalue weighted by molar-refractivity contribution is 5.91. The van der Waals surface area contributed by atoms with Crippen LogP contribution in [0, 0.1) is 0 Å². The molecule has 0 saturated heterocycles. The summed E-state index contributed by atoms with van der Waals surface area (Å²) in [6.45, 7) is 0.0298. The second kappa shape index (κ2) is 2.48. The standard InChI is InChI=1S/C8H7FN2O/c9-11-5-6-3-1-2-4-7(6)10-8(11)12/h1-4H,5H2,(H,10,12). The molecule has 1 N–H and O–H groups in total. The zero-order chi connectivity index (χ0) is 8.55. The number of nitrogens with zero attached hydrogens (tertiary/aromatic N) is 1. The molecule has 0 aliphatic carbocycles. The van der Waals surface area contributed by atoms with Crippen LogP contribution in [-0.2, 0) is 6.54 Å². The number of fused-ring (bicyclic) bond motifs is 1. The van der Waals surface area contributed by atoms with Gasteiger partial charge in [0.05, 0.1) is 6.54 Å². The van der Waals surface area contributed by atoms with Gasteiger partial charge in [-0.3, -0.25) is 0 Å². The number of amides is 2. The molecule has 2 amide bonds. The Bertz CT molecular complexity index is 327. The lowest BCUT2D eigenvalue weighted by Gasteiger charge is -2.21. The fourth-order valence-corrected chi connectivity index (χ4v) is 1.18. The van der Waals surface area contributed by atoms with Crippen molar-refractivity contribution in [3.8, 4) is 0 Å². The average Bonchev–Trinajstić information content (AvgIpc) is 2.07. The Kier molecular flexibility index (Phi) is 1.46. The van der Waals surface area contributed by atoms with Crippen LogP contribution in [0.25, 0.3) is 0 Å². The van der Waals surface area contributed by atoms with Crippen LogP contribution in [-0.4, -0.2) is 11.2 Å². The van der Waals surface area contributed by atoms with E-state index in [0.29, 0.717) is 5.69 Å². The first-order valence-corrected chi connectivity index (χ1v) is 3.59. The van der Waals surface area contributed by atoms with Crippen LogP contribution in [0.5, 0.6) is 0 Å². The van der Waals surface area contributed by atoms with Gasteiger partial charge in [0.25, 0.3) is 0 Å². The molecular formula is C8H7FN2O. The van der Waals surface area contributed by atoms with Crippen LogP contribution in [0.1, 0.15) is 5.56 Å². The van der Waals surface area contributed by atoms with E-state index in [2.05, 4.69) is 5.32 Å². The zero-order valence-corrected chi connectivity index (χ0v) is 6.25. The molecule has 0 unspecified atom stereocenters. The molecule has 0 bridgehead atoms. The van der Waals surface area contributed by atoms with Gasteiger partial charge in [-0.15, -0.1) is 0 Å². The maximum Gasteiger partial charge on any atom is 0.350 e. The van der Waals surface area contributed by atoms with Crippen LogP contribution in [0.2, 0.25) is 0 Å². The van der Waals surface area contributed by atoms with Gasteiger partial charge < -0.3 is 5.32 Å². The van der Waals surface area contributed by atoms with Crippen molar-refractivity contribution in [1.29, 1.82) is 0 Å². The lowest BCUT2D eigenvalue weighted by atomic mass is 10.1. The van der Waals surface area contributed by atoms with Crippen LogP contribution in [0.3, 0.4) is 0 Å². The van der Waals surface area contributed by atoms with Gasteiger partial charge in [0.15, 0.2) is 0 Å². The van der Waals surface area contributed by atoms with Gasteiger partial charge in [-0.25, -0.2) is 4.79 Å². The second-order valence-electron chi connectivity index (χ2n) is 2.61. The Labute approximate surface area is 68.7 Å². The summed E-state index contributed by atoms with van der Waals surface area (Å²) in [6.07, 6.45) is 0. The lowest BCUT2D eigenvalue weighted by Crippen LogP contribution is -2.32. The number of nitrogens with one attached hydrogen (secondary N) is 1. The molecule has 1 aromatic carbocycles. The van der Waals surface area contributed by atoms with E-state index in [-0.39, 0.29) is 11.7 Å². The van der Waals surface area contributed by atoms with Crippen molar-refractivity contribution in [1.82, 2.24) is 5.12 Å². The maximum atomic E-state index is 12.7. The van der Waals surface area contributed by atoms with E-state index in [1.807, 2.05) is 6.07 Å². The summed E-state index contributed by atoms with van der Waals surface area (Å²) in [5.41, 5.74) is 1.48. The molecule has 0 atom stereocenters. The quantitative estimate of drug-likeness (QED) is 0.586. The highest BCUT2D eigenvalue weighted by Gasteiger charge is 2.21. The summed E-state index contributed by atoms with van der Waals surface area (Å²) in [5, 5.41) is 2.58. The molecule has 3 nitrogen and oxygen atoms in total. The van der Waals surface area contributed by atoms with Crippen LogP contribution in [0.4, 0.5) is 15.0 Å². The predicted molar refractivity (Wildman–Crippen MR) is 42.1 cm³/mol. The number of benzene rings is 1. The second-order valence-corrected chi connectivity index (χ2v) is 2.61. The van der Waals surface area contributed by atoms with E-state index in [1.165, 1.54) is 0 Å². The van der Waals surface area contributed by atoms with Gasteiger partial charge >= 0.3 is 6.03 Å². The number of anilines is 1. The van der Waals surface area contributed by atoms with Crippen LogP contribution < -0.4 is 5.32 Å².